The minimum absolute atomic E-state index is 0.146. The molecule has 1 aliphatic carbocycles. The number of carbonyl (C=O) groups excluding carboxylic acids is 1. The molecule has 33 heavy (non-hydrogen) atoms. The summed E-state index contributed by atoms with van der Waals surface area (Å²) in [7, 11) is 0. The topological polar surface area (TPSA) is 100 Å². The number of para-hydroxylation sites is 1. The second kappa shape index (κ2) is 9.41. The van der Waals surface area contributed by atoms with Gasteiger partial charge in [-0.05, 0) is 43.7 Å². The summed E-state index contributed by atoms with van der Waals surface area (Å²) in [4.78, 5) is 29.3. The highest BCUT2D eigenvalue weighted by Crippen LogP contribution is 2.38. The standard InChI is InChI=1S/C25H29N5O3/c1-2-33-22-8-7-16(13-26-22)24-28-21-6-4-3-5-20(21)23(29-24)25(32)27-19-11-17-14-30(9-10-31)15-18(17)12-19/h3-8,13,17-19,31H,2,9-12,14-15H2,1H3,(H,27,32)/t17-,18?,19?/m1/s1. The third kappa shape index (κ3) is 4.54. The first-order chi connectivity index (χ1) is 16.1. The lowest BCUT2D eigenvalue weighted by atomic mass is 10.0. The molecule has 8 heteroatoms. The van der Waals surface area contributed by atoms with E-state index in [1.165, 1.54) is 0 Å². The SMILES string of the molecule is CCOc1ccc(-c2nc(C(=O)NC3CC4CN(CCO)C[C@H]4C3)c3ccccc3n2)cn1. The van der Waals surface area contributed by atoms with Gasteiger partial charge in [-0.25, -0.2) is 15.0 Å². The Hall–Kier alpha value is -3.10. The molecule has 0 bridgehead atoms. The van der Waals surface area contributed by atoms with Crippen molar-refractivity contribution in [2.75, 3.05) is 32.8 Å². The Morgan fingerprint density at radius 2 is 1.94 bits per heavy atom. The summed E-state index contributed by atoms with van der Waals surface area (Å²) in [5.41, 5.74) is 1.85. The Morgan fingerprint density at radius 3 is 2.64 bits per heavy atom. The number of fused-ring (bicyclic) bond motifs is 2. The van der Waals surface area contributed by atoms with Gasteiger partial charge in [0.15, 0.2) is 5.82 Å². The number of carbonyl (C=O) groups is 1. The third-order valence-corrected chi connectivity index (χ3v) is 6.68. The number of rotatable bonds is 7. The lowest BCUT2D eigenvalue weighted by Gasteiger charge is -2.19. The highest BCUT2D eigenvalue weighted by molar-refractivity contribution is 6.05. The third-order valence-electron chi connectivity index (χ3n) is 6.68. The van der Waals surface area contributed by atoms with Crippen molar-refractivity contribution in [2.45, 2.75) is 25.8 Å². The fourth-order valence-corrected chi connectivity index (χ4v) is 5.22. The van der Waals surface area contributed by atoms with Crippen molar-refractivity contribution in [3.63, 3.8) is 0 Å². The Kier molecular flexibility index (Phi) is 6.20. The van der Waals surface area contributed by atoms with Crippen LogP contribution in [0.2, 0.25) is 0 Å². The molecule has 3 heterocycles. The van der Waals surface area contributed by atoms with E-state index in [1.807, 2.05) is 37.3 Å². The van der Waals surface area contributed by atoms with E-state index in [4.69, 9.17) is 4.74 Å². The van der Waals surface area contributed by atoms with Crippen LogP contribution in [-0.2, 0) is 0 Å². The summed E-state index contributed by atoms with van der Waals surface area (Å²) in [6.07, 6.45) is 3.61. The minimum atomic E-state index is -0.161. The van der Waals surface area contributed by atoms with Crippen molar-refractivity contribution in [3.8, 4) is 17.3 Å². The largest absolute Gasteiger partial charge is 0.478 e. The first-order valence-electron chi connectivity index (χ1n) is 11.6. The average molecular weight is 448 g/mol. The number of aliphatic hydroxyl groups excluding tert-OH is 1. The van der Waals surface area contributed by atoms with Crippen LogP contribution in [0.4, 0.5) is 0 Å². The van der Waals surface area contributed by atoms with E-state index in [1.54, 1.807) is 12.3 Å². The zero-order chi connectivity index (χ0) is 22.8. The predicted molar refractivity (Wildman–Crippen MR) is 125 cm³/mol. The fraction of sp³-hybridized carbons (Fsp3) is 0.440. The van der Waals surface area contributed by atoms with Crippen LogP contribution >= 0.6 is 0 Å². The molecule has 1 saturated heterocycles. The Balaban J connectivity index is 1.37. The van der Waals surface area contributed by atoms with Gasteiger partial charge in [0, 0.05) is 48.9 Å². The first kappa shape index (κ1) is 21.7. The highest BCUT2D eigenvalue weighted by Gasteiger charge is 2.41. The van der Waals surface area contributed by atoms with Gasteiger partial charge in [-0.3, -0.25) is 4.79 Å². The molecule has 3 atom stereocenters. The molecule has 2 N–H and O–H groups in total. The molecule has 3 aromatic rings. The number of ether oxygens (including phenoxy) is 1. The second-order valence-corrected chi connectivity index (χ2v) is 8.88. The smallest absolute Gasteiger partial charge is 0.270 e. The van der Waals surface area contributed by atoms with Gasteiger partial charge in [-0.1, -0.05) is 18.2 Å². The molecule has 1 saturated carbocycles. The summed E-state index contributed by atoms with van der Waals surface area (Å²) in [6, 6.07) is 11.4. The summed E-state index contributed by atoms with van der Waals surface area (Å²) < 4.78 is 5.42. The van der Waals surface area contributed by atoms with Gasteiger partial charge >= 0.3 is 0 Å². The van der Waals surface area contributed by atoms with Crippen LogP contribution in [0, 0.1) is 11.8 Å². The molecule has 2 fully saturated rings. The van der Waals surface area contributed by atoms with Crippen molar-refractivity contribution < 1.29 is 14.6 Å². The van der Waals surface area contributed by atoms with Gasteiger partial charge < -0.3 is 20.1 Å². The molecule has 0 spiro atoms. The zero-order valence-corrected chi connectivity index (χ0v) is 18.8. The van der Waals surface area contributed by atoms with Crippen LogP contribution in [0.15, 0.2) is 42.6 Å². The number of benzene rings is 1. The van der Waals surface area contributed by atoms with Crippen LogP contribution in [-0.4, -0.2) is 69.8 Å². The summed E-state index contributed by atoms with van der Waals surface area (Å²) >= 11 is 0. The monoisotopic (exact) mass is 447 g/mol. The van der Waals surface area contributed by atoms with Gasteiger partial charge in [0.2, 0.25) is 5.88 Å². The normalized spacial score (nSPS) is 22.4. The van der Waals surface area contributed by atoms with Crippen molar-refractivity contribution in [2.24, 2.45) is 11.8 Å². The van der Waals surface area contributed by atoms with Crippen molar-refractivity contribution >= 4 is 16.8 Å². The molecule has 1 amide bonds. The van der Waals surface area contributed by atoms with Gasteiger partial charge in [0.05, 0.1) is 18.7 Å². The van der Waals surface area contributed by atoms with Crippen molar-refractivity contribution in [1.82, 2.24) is 25.2 Å². The van der Waals surface area contributed by atoms with Crippen LogP contribution < -0.4 is 10.1 Å². The predicted octanol–water partition coefficient (Wildman–Crippen LogP) is 2.52. The van der Waals surface area contributed by atoms with Crippen molar-refractivity contribution in [3.05, 3.63) is 48.3 Å². The van der Waals surface area contributed by atoms with E-state index in [9.17, 15) is 9.90 Å². The molecular formula is C25H29N5O3. The van der Waals surface area contributed by atoms with Crippen molar-refractivity contribution in [1.29, 1.82) is 0 Å². The molecule has 1 aromatic carbocycles. The molecule has 2 unspecified atom stereocenters. The number of pyridine rings is 1. The number of likely N-dealkylation sites (tertiary alicyclic amines) is 1. The number of hydrogen-bond acceptors (Lipinski definition) is 7. The molecule has 172 valence electrons. The van der Waals surface area contributed by atoms with E-state index in [-0.39, 0.29) is 18.6 Å². The summed E-state index contributed by atoms with van der Waals surface area (Å²) in [6.45, 7) is 5.40. The minimum Gasteiger partial charge on any atom is -0.478 e. The number of aliphatic hydroxyl groups is 1. The molecule has 1 aliphatic heterocycles. The molecule has 5 rings (SSSR count). The zero-order valence-electron chi connectivity index (χ0n) is 18.8. The number of aromatic nitrogens is 3. The average Bonchev–Trinajstić information content (AvgIpc) is 3.37. The van der Waals surface area contributed by atoms with Gasteiger partial charge in [-0.2, -0.15) is 0 Å². The highest BCUT2D eigenvalue weighted by atomic mass is 16.5. The molecule has 0 radical (unpaired) electrons. The Labute approximate surface area is 193 Å². The van der Waals surface area contributed by atoms with Gasteiger partial charge in [-0.15, -0.1) is 0 Å². The second-order valence-electron chi connectivity index (χ2n) is 8.88. The maximum atomic E-state index is 13.3. The maximum Gasteiger partial charge on any atom is 0.270 e. The van der Waals surface area contributed by atoms with E-state index in [0.717, 1.165) is 48.9 Å². The lowest BCUT2D eigenvalue weighted by molar-refractivity contribution is 0.0932. The quantitative estimate of drug-likeness (QED) is 0.574. The van der Waals surface area contributed by atoms with Gasteiger partial charge in [0.25, 0.3) is 5.91 Å². The fourth-order valence-electron chi connectivity index (χ4n) is 5.22. The van der Waals surface area contributed by atoms with Crippen LogP contribution in [0.1, 0.15) is 30.3 Å². The Bertz CT molecular complexity index is 1120. The van der Waals surface area contributed by atoms with E-state index >= 15 is 0 Å². The molecule has 2 aliphatic rings. The summed E-state index contributed by atoms with van der Waals surface area (Å²) in [5, 5.41) is 13.2. The number of amides is 1. The lowest BCUT2D eigenvalue weighted by Crippen LogP contribution is -2.35. The number of β-amino-alcohol motifs (C(OH)–C–C–N with tert-alkyl or cyclic N) is 1. The van der Waals surface area contributed by atoms with Crippen LogP contribution in [0.5, 0.6) is 5.88 Å². The Morgan fingerprint density at radius 1 is 1.15 bits per heavy atom. The molecule has 2 aromatic heterocycles. The van der Waals surface area contributed by atoms with Gasteiger partial charge in [0.1, 0.15) is 5.69 Å². The number of nitrogens with one attached hydrogen (secondary N) is 1. The molecule has 8 nitrogen and oxygen atoms in total. The number of hydrogen-bond donors (Lipinski definition) is 2. The van der Waals surface area contributed by atoms with E-state index < -0.39 is 0 Å². The van der Waals surface area contributed by atoms with Crippen LogP contribution in [0.25, 0.3) is 22.3 Å². The number of nitrogens with zero attached hydrogens (tertiary/aromatic N) is 4. The first-order valence-corrected chi connectivity index (χ1v) is 11.6. The van der Waals surface area contributed by atoms with E-state index in [2.05, 4.69) is 25.2 Å². The maximum absolute atomic E-state index is 13.3. The summed E-state index contributed by atoms with van der Waals surface area (Å²) in [5.74, 6) is 2.01. The van der Waals surface area contributed by atoms with E-state index in [0.29, 0.717) is 35.8 Å². The van der Waals surface area contributed by atoms with Crippen LogP contribution in [0.3, 0.4) is 0 Å². The molecular weight excluding hydrogens is 418 g/mol.